The second-order valence-electron chi connectivity index (χ2n) is 4.78. The Balaban J connectivity index is 2.57. The van der Waals surface area contributed by atoms with E-state index in [2.05, 4.69) is 30.9 Å². The Bertz CT molecular complexity index is 391. The molecule has 1 rings (SSSR count). The molecule has 4 heteroatoms. The van der Waals surface area contributed by atoms with Crippen molar-refractivity contribution in [2.75, 3.05) is 52.5 Å². The zero-order valence-electron chi connectivity index (χ0n) is 12.7. The van der Waals surface area contributed by atoms with Gasteiger partial charge in [-0.1, -0.05) is 6.07 Å². The molecule has 0 aliphatic carbocycles. The summed E-state index contributed by atoms with van der Waals surface area (Å²) in [5.41, 5.74) is 3.50. The Hall–Kier alpha value is -1.26. The van der Waals surface area contributed by atoms with Gasteiger partial charge >= 0.3 is 0 Å². The number of rotatable bonds is 8. The average molecular weight is 267 g/mol. The highest BCUT2D eigenvalue weighted by Gasteiger charge is 2.10. The lowest BCUT2D eigenvalue weighted by molar-refractivity contribution is 0.0544. The molecule has 19 heavy (non-hydrogen) atoms. The first kappa shape index (κ1) is 15.8. The third-order valence-corrected chi connectivity index (χ3v) is 2.79. The molecule has 1 aromatic rings. The quantitative estimate of drug-likeness (QED) is 0.677. The predicted octanol–water partition coefficient (Wildman–Crippen LogP) is 2.41. The van der Waals surface area contributed by atoms with Gasteiger partial charge in [-0.05, 0) is 31.0 Å². The monoisotopic (exact) mass is 267 g/mol. The largest absolute Gasteiger partial charge is 0.489 e. The maximum atomic E-state index is 5.86. The van der Waals surface area contributed by atoms with E-state index < -0.39 is 0 Å². The Labute approximate surface area is 116 Å². The molecule has 0 radical (unpaired) electrons. The zero-order chi connectivity index (χ0) is 14.3. The van der Waals surface area contributed by atoms with Crippen LogP contribution in [0.4, 0.5) is 5.69 Å². The molecule has 0 aliphatic rings. The highest BCUT2D eigenvalue weighted by atomic mass is 16.5. The minimum Gasteiger partial charge on any atom is -0.489 e. The number of methoxy groups -OCH3 is 1. The zero-order valence-corrected chi connectivity index (χ0v) is 12.7. The van der Waals surface area contributed by atoms with Gasteiger partial charge in [-0.2, -0.15) is 0 Å². The second kappa shape index (κ2) is 8.02. The van der Waals surface area contributed by atoms with Crippen LogP contribution in [0.15, 0.2) is 12.1 Å². The van der Waals surface area contributed by atoms with Crippen molar-refractivity contribution in [2.24, 2.45) is 0 Å². The van der Waals surface area contributed by atoms with Crippen molar-refractivity contribution in [2.45, 2.75) is 13.8 Å². The van der Waals surface area contributed by atoms with Crippen molar-refractivity contribution in [1.82, 2.24) is 0 Å². The number of anilines is 1. The molecular formula is C15H25NO3. The first-order valence-corrected chi connectivity index (χ1v) is 6.54. The molecule has 0 N–H and O–H groups in total. The van der Waals surface area contributed by atoms with Crippen LogP contribution in [-0.4, -0.2) is 47.6 Å². The fourth-order valence-electron chi connectivity index (χ4n) is 1.90. The highest BCUT2D eigenvalue weighted by Crippen LogP contribution is 2.32. The average Bonchev–Trinajstić information content (AvgIpc) is 2.34. The van der Waals surface area contributed by atoms with Gasteiger partial charge in [0.2, 0.25) is 0 Å². The lowest BCUT2D eigenvalue weighted by Crippen LogP contribution is -2.15. The molecule has 1 aromatic carbocycles. The van der Waals surface area contributed by atoms with Crippen LogP contribution in [0, 0.1) is 13.8 Å². The molecule has 0 aliphatic heterocycles. The van der Waals surface area contributed by atoms with Gasteiger partial charge in [-0.25, -0.2) is 0 Å². The van der Waals surface area contributed by atoms with Crippen molar-refractivity contribution in [1.29, 1.82) is 0 Å². The van der Waals surface area contributed by atoms with Gasteiger partial charge in [0.05, 0.1) is 25.5 Å². The molecule has 0 aromatic heterocycles. The molecular weight excluding hydrogens is 242 g/mol. The summed E-state index contributed by atoms with van der Waals surface area (Å²) in [6, 6.07) is 4.27. The van der Waals surface area contributed by atoms with Gasteiger partial charge in [0.1, 0.15) is 12.4 Å². The summed E-state index contributed by atoms with van der Waals surface area (Å²) in [5.74, 6) is 0.936. The summed E-state index contributed by atoms with van der Waals surface area (Å²) in [6.07, 6.45) is 0. The fourth-order valence-corrected chi connectivity index (χ4v) is 1.90. The lowest BCUT2D eigenvalue weighted by Gasteiger charge is -2.20. The third-order valence-electron chi connectivity index (χ3n) is 2.79. The van der Waals surface area contributed by atoms with Crippen molar-refractivity contribution < 1.29 is 14.2 Å². The molecule has 0 heterocycles. The number of ether oxygens (including phenoxy) is 3. The molecule has 0 unspecified atom stereocenters. The van der Waals surface area contributed by atoms with Crippen LogP contribution in [0.2, 0.25) is 0 Å². The van der Waals surface area contributed by atoms with Crippen molar-refractivity contribution in [3.8, 4) is 5.75 Å². The Morgan fingerprint density at radius 1 is 1.00 bits per heavy atom. The van der Waals surface area contributed by atoms with E-state index in [0.29, 0.717) is 26.4 Å². The van der Waals surface area contributed by atoms with Crippen LogP contribution in [-0.2, 0) is 9.47 Å². The Morgan fingerprint density at radius 2 is 1.68 bits per heavy atom. The van der Waals surface area contributed by atoms with Crippen LogP contribution in [0.5, 0.6) is 5.75 Å². The van der Waals surface area contributed by atoms with E-state index >= 15 is 0 Å². The van der Waals surface area contributed by atoms with Gasteiger partial charge in [-0.3, -0.25) is 0 Å². The lowest BCUT2D eigenvalue weighted by atomic mass is 10.1. The number of benzene rings is 1. The van der Waals surface area contributed by atoms with Gasteiger partial charge in [0.15, 0.2) is 0 Å². The van der Waals surface area contributed by atoms with Crippen LogP contribution >= 0.6 is 0 Å². The fraction of sp³-hybridized carbons (Fsp3) is 0.600. The minimum atomic E-state index is 0.550. The first-order chi connectivity index (χ1) is 9.06. The SMILES string of the molecule is COCCOCCOc1c(C)cc(C)cc1N(C)C. The number of hydrogen-bond donors (Lipinski definition) is 0. The van der Waals surface area contributed by atoms with Crippen molar-refractivity contribution in [3.05, 3.63) is 23.3 Å². The molecule has 0 spiro atoms. The summed E-state index contributed by atoms with van der Waals surface area (Å²) < 4.78 is 16.2. The smallest absolute Gasteiger partial charge is 0.145 e. The summed E-state index contributed by atoms with van der Waals surface area (Å²) >= 11 is 0. The van der Waals surface area contributed by atoms with Crippen molar-refractivity contribution >= 4 is 5.69 Å². The van der Waals surface area contributed by atoms with Gasteiger partial charge in [-0.15, -0.1) is 0 Å². The molecule has 0 fully saturated rings. The van der Waals surface area contributed by atoms with E-state index in [1.165, 1.54) is 5.56 Å². The van der Waals surface area contributed by atoms with E-state index in [1.54, 1.807) is 7.11 Å². The molecule has 0 saturated heterocycles. The third kappa shape index (κ3) is 5.09. The molecule has 108 valence electrons. The van der Waals surface area contributed by atoms with Gasteiger partial charge in [0, 0.05) is 21.2 Å². The predicted molar refractivity (Wildman–Crippen MR) is 78.4 cm³/mol. The number of nitrogens with zero attached hydrogens (tertiary/aromatic N) is 1. The molecule has 0 atom stereocenters. The Morgan fingerprint density at radius 3 is 2.32 bits per heavy atom. The topological polar surface area (TPSA) is 30.9 Å². The number of hydrogen-bond acceptors (Lipinski definition) is 4. The maximum Gasteiger partial charge on any atom is 0.145 e. The summed E-state index contributed by atoms with van der Waals surface area (Å²) in [5, 5.41) is 0. The van der Waals surface area contributed by atoms with E-state index in [4.69, 9.17) is 14.2 Å². The van der Waals surface area contributed by atoms with Crippen LogP contribution in [0.1, 0.15) is 11.1 Å². The van der Waals surface area contributed by atoms with Crippen molar-refractivity contribution in [3.63, 3.8) is 0 Å². The van der Waals surface area contributed by atoms with E-state index in [1.807, 2.05) is 14.1 Å². The summed E-state index contributed by atoms with van der Waals surface area (Å²) in [7, 11) is 5.71. The molecule has 0 amide bonds. The Kier molecular flexibility index (Phi) is 6.67. The first-order valence-electron chi connectivity index (χ1n) is 6.54. The van der Waals surface area contributed by atoms with Crippen LogP contribution in [0.3, 0.4) is 0 Å². The molecule has 0 bridgehead atoms. The highest BCUT2D eigenvalue weighted by molar-refractivity contribution is 5.62. The van der Waals surface area contributed by atoms with E-state index in [9.17, 15) is 0 Å². The summed E-state index contributed by atoms with van der Waals surface area (Å²) in [6.45, 7) is 6.51. The number of aryl methyl sites for hydroxylation is 2. The second-order valence-corrected chi connectivity index (χ2v) is 4.78. The molecule has 4 nitrogen and oxygen atoms in total. The van der Waals surface area contributed by atoms with Gasteiger partial charge in [0.25, 0.3) is 0 Å². The summed E-state index contributed by atoms with van der Waals surface area (Å²) in [4.78, 5) is 2.07. The van der Waals surface area contributed by atoms with Crippen LogP contribution in [0.25, 0.3) is 0 Å². The van der Waals surface area contributed by atoms with E-state index in [-0.39, 0.29) is 0 Å². The standard InChI is InChI=1S/C15H25NO3/c1-12-10-13(2)15(14(11-12)16(3)4)19-9-8-18-7-6-17-5/h10-11H,6-9H2,1-5H3. The van der Waals surface area contributed by atoms with E-state index in [0.717, 1.165) is 17.0 Å². The maximum absolute atomic E-state index is 5.86. The molecule has 0 saturated carbocycles. The minimum absolute atomic E-state index is 0.550. The van der Waals surface area contributed by atoms with Gasteiger partial charge < -0.3 is 19.1 Å². The van der Waals surface area contributed by atoms with Crippen LogP contribution < -0.4 is 9.64 Å². The normalized spacial score (nSPS) is 10.6.